The van der Waals surface area contributed by atoms with E-state index < -0.39 is 5.54 Å². The largest absolute Gasteiger partial charge is 0.339 e. The summed E-state index contributed by atoms with van der Waals surface area (Å²) >= 11 is 0. The summed E-state index contributed by atoms with van der Waals surface area (Å²) < 4.78 is 13.4. The fourth-order valence-electron chi connectivity index (χ4n) is 5.02. The molecule has 1 spiro atoms. The lowest BCUT2D eigenvalue weighted by Gasteiger charge is -2.43. The van der Waals surface area contributed by atoms with E-state index in [9.17, 15) is 14.0 Å². The van der Waals surface area contributed by atoms with E-state index in [-0.39, 0.29) is 17.5 Å². The summed E-state index contributed by atoms with van der Waals surface area (Å²) in [5.41, 5.74) is 1.82. The van der Waals surface area contributed by atoms with E-state index in [1.54, 1.807) is 18.3 Å². The molecule has 0 radical (unpaired) electrons. The number of fused-ring (bicyclic) bond motifs is 1. The second-order valence-electron chi connectivity index (χ2n) is 8.89. The first-order valence-corrected chi connectivity index (χ1v) is 11.5. The van der Waals surface area contributed by atoms with Gasteiger partial charge in [0.1, 0.15) is 11.4 Å². The number of likely N-dealkylation sites (tertiary alicyclic amines) is 1. The number of rotatable bonds is 6. The molecule has 2 aromatic carbocycles. The number of anilines is 1. The lowest BCUT2D eigenvalue weighted by Crippen LogP contribution is -2.56. The third kappa shape index (κ3) is 4.20. The van der Waals surface area contributed by atoms with Crippen LogP contribution in [-0.4, -0.2) is 53.4 Å². The molecule has 3 heterocycles. The molecule has 2 aliphatic rings. The van der Waals surface area contributed by atoms with Crippen LogP contribution in [0.4, 0.5) is 10.1 Å². The third-order valence-corrected chi connectivity index (χ3v) is 6.95. The molecule has 2 fully saturated rings. The smallest absolute Gasteiger partial charge is 0.247 e. The van der Waals surface area contributed by atoms with Gasteiger partial charge in [0.2, 0.25) is 5.91 Å². The van der Waals surface area contributed by atoms with Crippen LogP contribution in [-0.2, 0) is 4.79 Å². The van der Waals surface area contributed by atoms with E-state index >= 15 is 0 Å². The lowest BCUT2D eigenvalue weighted by molar-refractivity contribution is -0.125. The van der Waals surface area contributed by atoms with E-state index in [1.807, 2.05) is 30.3 Å². The highest BCUT2D eigenvalue weighted by Crippen LogP contribution is 2.36. The molecule has 1 amide bonds. The standard InChI is InChI=1S/C26H27FN4O2/c27-21-7-9-22(10-8-21)31-18-29-25(33)26(31)11-14-30(15-12-26)13-3-6-24(32)20-16-19-4-1-2-5-23(19)28-17-20/h1-2,4-5,7-10,16-17H,3,6,11-15,18H2,(H,29,33). The van der Waals surface area contributed by atoms with Crippen molar-refractivity contribution in [1.82, 2.24) is 15.2 Å². The van der Waals surface area contributed by atoms with Crippen molar-refractivity contribution in [2.45, 2.75) is 31.2 Å². The van der Waals surface area contributed by atoms with Crippen LogP contribution in [0.5, 0.6) is 0 Å². The number of para-hydroxylation sites is 1. The molecule has 0 saturated carbocycles. The number of benzene rings is 2. The molecule has 6 nitrogen and oxygen atoms in total. The highest BCUT2D eigenvalue weighted by Gasteiger charge is 2.50. The number of Topliss-reactive ketones (excluding diaryl/α,β-unsaturated/α-hetero) is 1. The van der Waals surface area contributed by atoms with Gasteiger partial charge in [0, 0.05) is 42.3 Å². The predicted octanol–water partition coefficient (Wildman–Crippen LogP) is 3.77. The summed E-state index contributed by atoms with van der Waals surface area (Å²) in [6.07, 6.45) is 4.33. The van der Waals surface area contributed by atoms with Crippen molar-refractivity contribution in [3.63, 3.8) is 0 Å². The van der Waals surface area contributed by atoms with Crippen molar-refractivity contribution in [1.29, 1.82) is 0 Å². The zero-order chi connectivity index (χ0) is 22.8. The molecule has 0 atom stereocenters. The fraction of sp³-hybridized carbons (Fsp3) is 0.346. The number of halogens is 1. The van der Waals surface area contributed by atoms with Gasteiger partial charge >= 0.3 is 0 Å². The molecular formula is C26H27FN4O2. The Morgan fingerprint density at radius 2 is 1.85 bits per heavy atom. The van der Waals surface area contributed by atoms with Crippen molar-refractivity contribution in [3.05, 3.63) is 72.2 Å². The lowest BCUT2D eigenvalue weighted by atomic mass is 9.85. The maximum absolute atomic E-state index is 13.4. The fourth-order valence-corrected chi connectivity index (χ4v) is 5.02. The van der Waals surface area contributed by atoms with Gasteiger partial charge in [-0.1, -0.05) is 18.2 Å². The van der Waals surface area contributed by atoms with Crippen LogP contribution in [0.15, 0.2) is 60.8 Å². The zero-order valence-electron chi connectivity index (χ0n) is 18.5. The van der Waals surface area contributed by atoms with Crippen molar-refractivity contribution < 1.29 is 14.0 Å². The van der Waals surface area contributed by atoms with Crippen molar-refractivity contribution in [3.8, 4) is 0 Å². The second kappa shape index (κ2) is 8.90. The SMILES string of the molecule is O=C(CCCN1CCC2(CC1)C(=O)NCN2c1ccc(F)cc1)c1cnc2ccccc2c1. The van der Waals surface area contributed by atoms with Gasteiger partial charge in [-0.3, -0.25) is 14.6 Å². The molecule has 0 unspecified atom stereocenters. The Bertz CT molecular complexity index is 1170. The minimum Gasteiger partial charge on any atom is -0.339 e. The van der Waals surface area contributed by atoms with Gasteiger partial charge in [0.15, 0.2) is 5.78 Å². The van der Waals surface area contributed by atoms with Gasteiger partial charge in [0.25, 0.3) is 0 Å². The van der Waals surface area contributed by atoms with Crippen LogP contribution >= 0.6 is 0 Å². The number of pyridine rings is 1. The molecule has 170 valence electrons. The van der Waals surface area contributed by atoms with Gasteiger partial charge in [-0.25, -0.2) is 4.39 Å². The van der Waals surface area contributed by atoms with E-state index in [2.05, 4.69) is 20.1 Å². The first-order valence-electron chi connectivity index (χ1n) is 11.5. The maximum atomic E-state index is 13.4. The van der Waals surface area contributed by atoms with E-state index in [1.165, 1.54) is 12.1 Å². The Morgan fingerprint density at radius 1 is 1.09 bits per heavy atom. The number of amides is 1. The normalized spacial score (nSPS) is 18.1. The number of carbonyl (C=O) groups is 2. The van der Waals surface area contributed by atoms with Crippen LogP contribution in [0.25, 0.3) is 10.9 Å². The number of ketones is 1. The Balaban J connectivity index is 1.16. The van der Waals surface area contributed by atoms with Crippen molar-refractivity contribution in [2.24, 2.45) is 0 Å². The Hall–Kier alpha value is -3.32. The molecule has 2 aliphatic heterocycles. The highest BCUT2D eigenvalue weighted by atomic mass is 19.1. The van der Waals surface area contributed by atoms with E-state index in [0.717, 1.165) is 42.6 Å². The van der Waals surface area contributed by atoms with Crippen molar-refractivity contribution in [2.75, 3.05) is 31.2 Å². The topological polar surface area (TPSA) is 65.5 Å². The monoisotopic (exact) mass is 446 g/mol. The Kier molecular flexibility index (Phi) is 5.81. The molecule has 7 heteroatoms. The molecule has 0 aliphatic carbocycles. The number of carbonyl (C=O) groups excluding carboxylic acids is 2. The first kappa shape index (κ1) is 21.5. The molecule has 1 aromatic heterocycles. The average Bonchev–Trinajstić information content (AvgIpc) is 3.16. The number of hydrogen-bond donors (Lipinski definition) is 1. The molecule has 5 rings (SSSR count). The number of hydrogen-bond acceptors (Lipinski definition) is 5. The summed E-state index contributed by atoms with van der Waals surface area (Å²) in [4.78, 5) is 34.2. The number of piperidine rings is 1. The van der Waals surface area contributed by atoms with E-state index in [4.69, 9.17) is 0 Å². The average molecular weight is 447 g/mol. The molecule has 33 heavy (non-hydrogen) atoms. The minimum absolute atomic E-state index is 0.0467. The minimum atomic E-state index is -0.582. The van der Waals surface area contributed by atoms with Crippen LogP contribution in [0.3, 0.4) is 0 Å². The summed E-state index contributed by atoms with van der Waals surface area (Å²) in [6.45, 7) is 2.84. The van der Waals surface area contributed by atoms with Crippen LogP contribution in [0.2, 0.25) is 0 Å². The van der Waals surface area contributed by atoms with Crippen LogP contribution < -0.4 is 10.2 Å². The maximum Gasteiger partial charge on any atom is 0.247 e. The summed E-state index contributed by atoms with van der Waals surface area (Å²) in [6, 6.07) is 16.0. The van der Waals surface area contributed by atoms with E-state index in [0.29, 0.717) is 31.5 Å². The second-order valence-corrected chi connectivity index (χ2v) is 8.89. The van der Waals surface area contributed by atoms with Gasteiger partial charge in [-0.05, 0) is 62.2 Å². The highest BCUT2D eigenvalue weighted by molar-refractivity contribution is 5.98. The van der Waals surface area contributed by atoms with Crippen molar-refractivity contribution >= 4 is 28.3 Å². The zero-order valence-corrected chi connectivity index (χ0v) is 18.5. The Morgan fingerprint density at radius 3 is 2.64 bits per heavy atom. The van der Waals surface area contributed by atoms with Gasteiger partial charge in [-0.15, -0.1) is 0 Å². The number of nitrogens with one attached hydrogen (secondary N) is 1. The third-order valence-electron chi connectivity index (χ3n) is 6.95. The summed E-state index contributed by atoms with van der Waals surface area (Å²) in [7, 11) is 0. The summed E-state index contributed by atoms with van der Waals surface area (Å²) in [5.74, 6) is -0.125. The molecule has 3 aromatic rings. The first-order chi connectivity index (χ1) is 16.0. The molecule has 0 bridgehead atoms. The van der Waals surface area contributed by atoms with Crippen LogP contribution in [0.1, 0.15) is 36.0 Å². The number of aromatic nitrogens is 1. The van der Waals surface area contributed by atoms with Gasteiger partial charge in [-0.2, -0.15) is 0 Å². The predicted molar refractivity (Wildman–Crippen MR) is 126 cm³/mol. The quantitative estimate of drug-likeness (QED) is 0.584. The summed E-state index contributed by atoms with van der Waals surface area (Å²) in [5, 5.41) is 3.95. The van der Waals surface area contributed by atoms with Gasteiger partial charge < -0.3 is 15.1 Å². The number of nitrogens with zero attached hydrogens (tertiary/aromatic N) is 3. The van der Waals surface area contributed by atoms with Crippen LogP contribution in [0, 0.1) is 5.82 Å². The van der Waals surface area contributed by atoms with Gasteiger partial charge in [0.05, 0.1) is 12.2 Å². The molecule has 2 saturated heterocycles. The molecule has 1 N–H and O–H groups in total. The molecular weight excluding hydrogens is 419 g/mol. The Labute approximate surface area is 192 Å².